The summed E-state index contributed by atoms with van der Waals surface area (Å²) in [5.74, 6) is -0.454. The van der Waals surface area contributed by atoms with Crippen molar-refractivity contribution in [1.29, 1.82) is 0 Å². The van der Waals surface area contributed by atoms with Gasteiger partial charge in [0.2, 0.25) is 0 Å². The van der Waals surface area contributed by atoms with Crippen LogP contribution in [-0.2, 0) is 9.84 Å². The number of rotatable bonds is 4. The van der Waals surface area contributed by atoms with Gasteiger partial charge in [0, 0.05) is 30.4 Å². The summed E-state index contributed by atoms with van der Waals surface area (Å²) in [5.41, 5.74) is 0.592. The average Bonchev–Trinajstić information content (AvgIpc) is 2.99. The van der Waals surface area contributed by atoms with Crippen LogP contribution in [0.4, 0.5) is 0 Å². The maximum Gasteiger partial charge on any atom is 0.270 e. The number of nitrogens with zero attached hydrogens (tertiary/aromatic N) is 2. The fraction of sp³-hybridized carbons (Fsp3) is 0.611. The Balaban J connectivity index is 1.71. The summed E-state index contributed by atoms with van der Waals surface area (Å²) in [5, 5.41) is 2.71. The molecule has 0 saturated carbocycles. The molecule has 2 unspecified atom stereocenters. The summed E-state index contributed by atoms with van der Waals surface area (Å²) in [6, 6.07) is 2.98. The average molecular weight is 379 g/mol. The summed E-state index contributed by atoms with van der Waals surface area (Å²) in [6.07, 6.45) is 5.93. The standard InChI is InChI=1S/C18H25N3O4S/c1-2-15-5-3-4-9-21(15)18(23)13-6-8-19-16(11-13)17(22)20-14-7-10-26(24,25)12-14/h6,8,11,14-15H,2-5,7,9-10,12H2,1H3,(H,20,22). The molecule has 142 valence electrons. The molecule has 2 aliphatic rings. The Morgan fingerprint density at radius 2 is 2.12 bits per heavy atom. The van der Waals surface area contributed by atoms with Gasteiger partial charge < -0.3 is 10.2 Å². The van der Waals surface area contributed by atoms with E-state index in [0.29, 0.717) is 12.0 Å². The van der Waals surface area contributed by atoms with Gasteiger partial charge in [-0.1, -0.05) is 6.92 Å². The monoisotopic (exact) mass is 379 g/mol. The molecule has 3 heterocycles. The van der Waals surface area contributed by atoms with Crippen molar-refractivity contribution in [2.24, 2.45) is 0 Å². The number of sulfone groups is 1. The summed E-state index contributed by atoms with van der Waals surface area (Å²) in [6.45, 7) is 2.82. The van der Waals surface area contributed by atoms with Gasteiger partial charge in [-0.2, -0.15) is 0 Å². The van der Waals surface area contributed by atoms with Gasteiger partial charge in [-0.25, -0.2) is 8.42 Å². The highest BCUT2D eigenvalue weighted by Gasteiger charge is 2.30. The molecule has 0 aromatic carbocycles. The number of likely N-dealkylation sites (tertiary alicyclic amines) is 1. The molecule has 1 aromatic heterocycles. The summed E-state index contributed by atoms with van der Waals surface area (Å²) < 4.78 is 23.0. The number of hydrogen-bond acceptors (Lipinski definition) is 5. The second-order valence-corrected chi connectivity index (χ2v) is 9.29. The molecule has 7 nitrogen and oxygen atoms in total. The quantitative estimate of drug-likeness (QED) is 0.853. The molecule has 2 saturated heterocycles. The lowest BCUT2D eigenvalue weighted by molar-refractivity contribution is 0.0608. The first-order chi connectivity index (χ1) is 12.4. The van der Waals surface area contributed by atoms with E-state index in [1.807, 2.05) is 4.90 Å². The molecule has 2 amide bonds. The van der Waals surface area contributed by atoms with Crippen LogP contribution in [-0.4, -0.2) is 60.3 Å². The van der Waals surface area contributed by atoms with Crippen molar-refractivity contribution in [2.75, 3.05) is 18.1 Å². The van der Waals surface area contributed by atoms with Gasteiger partial charge in [0.15, 0.2) is 9.84 Å². The number of carbonyl (C=O) groups excluding carboxylic acids is 2. The van der Waals surface area contributed by atoms with Crippen LogP contribution in [0.1, 0.15) is 59.9 Å². The summed E-state index contributed by atoms with van der Waals surface area (Å²) >= 11 is 0. The predicted octanol–water partition coefficient (Wildman–Crippen LogP) is 1.40. The molecule has 0 radical (unpaired) electrons. The van der Waals surface area contributed by atoms with Crippen molar-refractivity contribution in [3.05, 3.63) is 29.6 Å². The first kappa shape index (κ1) is 18.8. The fourth-order valence-corrected chi connectivity index (χ4v) is 5.39. The Morgan fingerprint density at radius 1 is 1.31 bits per heavy atom. The number of amides is 2. The van der Waals surface area contributed by atoms with Crippen molar-refractivity contribution in [1.82, 2.24) is 15.2 Å². The lowest BCUT2D eigenvalue weighted by Gasteiger charge is -2.35. The summed E-state index contributed by atoms with van der Waals surface area (Å²) in [7, 11) is -3.06. The number of pyridine rings is 1. The van der Waals surface area contributed by atoms with Crippen LogP contribution in [0.15, 0.2) is 18.3 Å². The van der Waals surface area contributed by atoms with E-state index >= 15 is 0 Å². The normalized spacial score (nSPS) is 25.0. The van der Waals surface area contributed by atoms with E-state index in [1.165, 1.54) is 12.3 Å². The Labute approximate surface area is 154 Å². The molecule has 0 aliphatic carbocycles. The van der Waals surface area contributed by atoms with Crippen LogP contribution in [0.25, 0.3) is 0 Å². The summed E-state index contributed by atoms with van der Waals surface area (Å²) in [4.78, 5) is 31.2. The van der Waals surface area contributed by atoms with Crippen LogP contribution in [0, 0.1) is 0 Å². The zero-order valence-electron chi connectivity index (χ0n) is 15.0. The highest BCUT2D eigenvalue weighted by Crippen LogP contribution is 2.22. The molecule has 2 atom stereocenters. The first-order valence-corrected chi connectivity index (χ1v) is 11.0. The highest BCUT2D eigenvalue weighted by atomic mass is 32.2. The maximum absolute atomic E-state index is 12.9. The van der Waals surface area contributed by atoms with Crippen molar-refractivity contribution in [2.45, 2.75) is 51.1 Å². The van der Waals surface area contributed by atoms with Gasteiger partial charge in [-0.3, -0.25) is 14.6 Å². The lowest BCUT2D eigenvalue weighted by Crippen LogP contribution is -2.43. The van der Waals surface area contributed by atoms with Crippen LogP contribution in [0.2, 0.25) is 0 Å². The Kier molecular flexibility index (Phi) is 5.60. The number of piperidine rings is 1. The number of carbonyl (C=O) groups is 2. The van der Waals surface area contributed by atoms with Crippen molar-refractivity contribution in [3.63, 3.8) is 0 Å². The molecule has 2 aliphatic heterocycles. The zero-order valence-corrected chi connectivity index (χ0v) is 15.8. The zero-order chi connectivity index (χ0) is 18.7. The minimum absolute atomic E-state index is 0.0384. The van der Waals surface area contributed by atoms with E-state index in [-0.39, 0.29) is 35.2 Å². The number of nitrogens with one attached hydrogen (secondary N) is 1. The van der Waals surface area contributed by atoms with E-state index in [1.54, 1.807) is 6.07 Å². The van der Waals surface area contributed by atoms with Gasteiger partial charge >= 0.3 is 0 Å². The van der Waals surface area contributed by atoms with Crippen LogP contribution in [0.3, 0.4) is 0 Å². The smallest absolute Gasteiger partial charge is 0.270 e. The third kappa shape index (κ3) is 4.23. The molecule has 0 spiro atoms. The highest BCUT2D eigenvalue weighted by molar-refractivity contribution is 7.91. The molecule has 3 rings (SSSR count). The van der Waals surface area contributed by atoms with Crippen molar-refractivity contribution >= 4 is 21.7 Å². The second kappa shape index (κ2) is 7.73. The molecular weight excluding hydrogens is 354 g/mol. The van der Waals surface area contributed by atoms with Crippen LogP contribution >= 0.6 is 0 Å². The molecule has 2 fully saturated rings. The second-order valence-electron chi connectivity index (χ2n) is 7.06. The van der Waals surface area contributed by atoms with E-state index < -0.39 is 15.7 Å². The molecule has 8 heteroatoms. The van der Waals surface area contributed by atoms with Crippen molar-refractivity contribution in [3.8, 4) is 0 Å². The molecule has 1 aromatic rings. The van der Waals surface area contributed by atoms with E-state index in [2.05, 4.69) is 17.2 Å². The van der Waals surface area contributed by atoms with E-state index in [9.17, 15) is 18.0 Å². The number of aromatic nitrogens is 1. The third-order valence-corrected chi connectivity index (χ3v) is 6.93. The first-order valence-electron chi connectivity index (χ1n) is 9.18. The van der Waals surface area contributed by atoms with Gasteiger partial charge in [0.1, 0.15) is 5.69 Å². The maximum atomic E-state index is 12.9. The van der Waals surface area contributed by atoms with Crippen LogP contribution < -0.4 is 5.32 Å². The third-order valence-electron chi connectivity index (χ3n) is 5.17. The minimum Gasteiger partial charge on any atom is -0.347 e. The van der Waals surface area contributed by atoms with Gasteiger partial charge in [0.05, 0.1) is 11.5 Å². The SMILES string of the molecule is CCC1CCCCN1C(=O)c1ccnc(C(=O)NC2CCS(=O)(=O)C2)c1. The molecule has 26 heavy (non-hydrogen) atoms. The van der Waals surface area contributed by atoms with Crippen LogP contribution in [0.5, 0.6) is 0 Å². The van der Waals surface area contributed by atoms with E-state index in [0.717, 1.165) is 32.2 Å². The lowest BCUT2D eigenvalue weighted by atomic mass is 9.99. The van der Waals surface area contributed by atoms with Gasteiger partial charge in [-0.05, 0) is 44.2 Å². The Bertz CT molecular complexity index is 793. The number of hydrogen-bond donors (Lipinski definition) is 1. The molecule has 1 N–H and O–H groups in total. The topological polar surface area (TPSA) is 96.4 Å². The van der Waals surface area contributed by atoms with E-state index in [4.69, 9.17) is 0 Å². The van der Waals surface area contributed by atoms with Gasteiger partial charge in [0.25, 0.3) is 11.8 Å². The Morgan fingerprint density at radius 3 is 2.81 bits per heavy atom. The largest absolute Gasteiger partial charge is 0.347 e. The Hall–Kier alpha value is -1.96. The minimum atomic E-state index is -3.06. The molecule has 0 bridgehead atoms. The molecular formula is C18H25N3O4S. The van der Waals surface area contributed by atoms with Gasteiger partial charge in [-0.15, -0.1) is 0 Å². The predicted molar refractivity (Wildman–Crippen MR) is 97.7 cm³/mol. The fourth-order valence-electron chi connectivity index (χ4n) is 3.71. The van der Waals surface area contributed by atoms with Crippen molar-refractivity contribution < 1.29 is 18.0 Å².